The molecular weight excluding hydrogens is 319 g/mol. The van der Waals surface area contributed by atoms with E-state index in [2.05, 4.69) is 0 Å². The number of fused-ring (bicyclic) bond motifs is 1. The molecule has 24 heavy (non-hydrogen) atoms. The van der Waals surface area contributed by atoms with Crippen LogP contribution in [-0.4, -0.2) is 15.6 Å². The molecule has 0 atom stereocenters. The van der Waals surface area contributed by atoms with E-state index >= 15 is 0 Å². The molecule has 0 aliphatic carbocycles. The summed E-state index contributed by atoms with van der Waals surface area (Å²) >= 11 is 0. The first-order valence-corrected chi connectivity index (χ1v) is 7.23. The van der Waals surface area contributed by atoms with Crippen LogP contribution in [0.1, 0.15) is 11.1 Å². The molecule has 0 radical (unpaired) electrons. The lowest BCUT2D eigenvalue weighted by atomic mass is 10.0. The third-order valence-corrected chi connectivity index (χ3v) is 3.96. The third kappa shape index (κ3) is 2.99. The molecule has 3 nitrogen and oxygen atoms in total. The number of benzene rings is 2. The maximum absolute atomic E-state index is 12.6. The summed E-state index contributed by atoms with van der Waals surface area (Å²) in [6, 6.07) is 10.4. The summed E-state index contributed by atoms with van der Waals surface area (Å²) < 4.78 is 39.7. The minimum atomic E-state index is -4.35. The highest BCUT2D eigenvalue weighted by Gasteiger charge is 2.29. The summed E-state index contributed by atoms with van der Waals surface area (Å²) in [4.78, 5) is 10.9. The molecule has 0 spiro atoms. The molecule has 1 N–H and O–H groups in total. The lowest BCUT2D eigenvalue weighted by Gasteiger charge is -2.08. The fourth-order valence-corrected chi connectivity index (χ4v) is 2.80. The fourth-order valence-electron chi connectivity index (χ4n) is 2.80. The van der Waals surface area contributed by atoms with Crippen molar-refractivity contribution in [1.82, 2.24) is 4.57 Å². The predicted octanol–water partition coefficient (Wildman–Crippen LogP) is 4.49. The lowest BCUT2D eigenvalue weighted by molar-refractivity contribution is -0.138. The Morgan fingerprint density at radius 3 is 2.29 bits per heavy atom. The summed E-state index contributed by atoms with van der Waals surface area (Å²) in [5.74, 6) is -0.908. The average Bonchev–Trinajstić information content (AvgIpc) is 2.82. The molecule has 0 bridgehead atoms. The summed E-state index contributed by atoms with van der Waals surface area (Å²) in [7, 11) is 1.81. The van der Waals surface area contributed by atoms with E-state index in [9.17, 15) is 18.0 Å². The molecule has 1 aromatic heterocycles. The van der Waals surface area contributed by atoms with Gasteiger partial charge in [-0.05, 0) is 34.9 Å². The fraction of sp³-hybridized carbons (Fsp3) is 0.167. The highest BCUT2D eigenvalue weighted by molar-refractivity contribution is 5.90. The van der Waals surface area contributed by atoms with Gasteiger partial charge in [0.15, 0.2) is 0 Å². The van der Waals surface area contributed by atoms with Crippen LogP contribution < -0.4 is 0 Å². The van der Waals surface area contributed by atoms with Crippen molar-refractivity contribution < 1.29 is 23.1 Å². The number of aryl methyl sites for hydroxylation is 1. The van der Waals surface area contributed by atoms with Gasteiger partial charge in [-0.1, -0.05) is 24.3 Å². The van der Waals surface area contributed by atoms with Crippen LogP contribution in [0.3, 0.4) is 0 Å². The molecule has 0 aliphatic heterocycles. The van der Waals surface area contributed by atoms with Crippen LogP contribution in [0.4, 0.5) is 13.2 Å². The number of carboxylic acids is 1. The Kier molecular flexibility index (Phi) is 3.83. The first kappa shape index (κ1) is 16.1. The maximum atomic E-state index is 12.6. The Labute approximate surface area is 136 Å². The van der Waals surface area contributed by atoms with E-state index < -0.39 is 17.7 Å². The van der Waals surface area contributed by atoms with Crippen LogP contribution in [0, 0.1) is 0 Å². The summed E-state index contributed by atoms with van der Waals surface area (Å²) in [6.45, 7) is 0. The standard InChI is InChI=1S/C18H14F3NO2/c1-22-10-13(9-17(23)24)15-7-4-12(8-16(15)22)11-2-5-14(6-3-11)18(19,20)21/h2-8,10H,9H2,1H3,(H,23,24). The molecule has 0 aliphatic rings. The van der Waals surface area contributed by atoms with Gasteiger partial charge in [0.05, 0.1) is 12.0 Å². The van der Waals surface area contributed by atoms with Gasteiger partial charge in [0.1, 0.15) is 0 Å². The van der Waals surface area contributed by atoms with Gasteiger partial charge in [0, 0.05) is 24.1 Å². The zero-order valence-corrected chi connectivity index (χ0v) is 12.8. The van der Waals surface area contributed by atoms with Crippen molar-refractivity contribution in [3.8, 4) is 11.1 Å². The highest BCUT2D eigenvalue weighted by Crippen LogP contribution is 2.32. The topological polar surface area (TPSA) is 42.2 Å². The van der Waals surface area contributed by atoms with E-state index in [1.165, 1.54) is 12.1 Å². The van der Waals surface area contributed by atoms with E-state index in [1.807, 2.05) is 17.7 Å². The summed E-state index contributed by atoms with van der Waals surface area (Å²) in [6.07, 6.45) is -2.67. The number of halogens is 3. The second kappa shape index (κ2) is 5.70. The van der Waals surface area contributed by atoms with Gasteiger partial charge < -0.3 is 9.67 Å². The average molecular weight is 333 g/mol. The minimum absolute atomic E-state index is 0.0725. The molecule has 6 heteroatoms. The van der Waals surface area contributed by atoms with Crippen molar-refractivity contribution in [1.29, 1.82) is 0 Å². The van der Waals surface area contributed by atoms with Gasteiger partial charge in [0.2, 0.25) is 0 Å². The Hall–Kier alpha value is -2.76. The zero-order valence-electron chi connectivity index (χ0n) is 12.8. The number of nitrogens with zero attached hydrogens (tertiary/aromatic N) is 1. The minimum Gasteiger partial charge on any atom is -0.481 e. The van der Waals surface area contributed by atoms with E-state index in [1.54, 1.807) is 18.3 Å². The number of hydrogen-bond donors (Lipinski definition) is 1. The molecule has 0 amide bonds. The predicted molar refractivity (Wildman–Crippen MR) is 84.7 cm³/mol. The van der Waals surface area contributed by atoms with Crippen molar-refractivity contribution in [2.24, 2.45) is 7.05 Å². The number of hydrogen-bond acceptors (Lipinski definition) is 1. The number of carbonyl (C=O) groups is 1. The first-order chi connectivity index (χ1) is 11.3. The van der Waals surface area contributed by atoms with E-state index in [0.29, 0.717) is 11.1 Å². The monoisotopic (exact) mass is 333 g/mol. The number of carboxylic acid groups (broad SMARTS) is 1. The molecule has 0 saturated carbocycles. The quantitative estimate of drug-likeness (QED) is 0.767. The van der Waals surface area contributed by atoms with E-state index in [0.717, 1.165) is 28.6 Å². The molecule has 0 fully saturated rings. The maximum Gasteiger partial charge on any atom is 0.416 e. The van der Waals surface area contributed by atoms with Crippen molar-refractivity contribution in [2.45, 2.75) is 12.6 Å². The number of aromatic nitrogens is 1. The summed E-state index contributed by atoms with van der Waals surface area (Å²) in [5, 5.41) is 9.79. The van der Waals surface area contributed by atoms with Gasteiger partial charge >= 0.3 is 12.1 Å². The van der Waals surface area contributed by atoms with Crippen LogP contribution in [0.25, 0.3) is 22.0 Å². The van der Waals surface area contributed by atoms with Gasteiger partial charge in [-0.15, -0.1) is 0 Å². The number of alkyl halides is 3. The van der Waals surface area contributed by atoms with Gasteiger partial charge in [0.25, 0.3) is 0 Å². The van der Waals surface area contributed by atoms with Crippen LogP contribution in [0.15, 0.2) is 48.7 Å². The lowest BCUT2D eigenvalue weighted by Crippen LogP contribution is -2.03. The normalized spacial score (nSPS) is 11.8. The molecule has 1 heterocycles. The van der Waals surface area contributed by atoms with Gasteiger partial charge in [-0.25, -0.2) is 0 Å². The van der Waals surface area contributed by atoms with Crippen LogP contribution in [0.2, 0.25) is 0 Å². The zero-order chi connectivity index (χ0) is 17.5. The Morgan fingerprint density at radius 2 is 1.71 bits per heavy atom. The van der Waals surface area contributed by atoms with Gasteiger partial charge in [-0.2, -0.15) is 13.2 Å². The van der Waals surface area contributed by atoms with Crippen LogP contribution in [0.5, 0.6) is 0 Å². The van der Waals surface area contributed by atoms with E-state index in [-0.39, 0.29) is 6.42 Å². The number of rotatable bonds is 3. The SMILES string of the molecule is Cn1cc(CC(=O)O)c2ccc(-c3ccc(C(F)(F)F)cc3)cc21. The Bertz CT molecular complexity index is 908. The molecule has 0 saturated heterocycles. The summed E-state index contributed by atoms with van der Waals surface area (Å²) in [5.41, 5.74) is 2.31. The Morgan fingerprint density at radius 1 is 1.08 bits per heavy atom. The third-order valence-electron chi connectivity index (χ3n) is 3.96. The first-order valence-electron chi connectivity index (χ1n) is 7.23. The molecule has 3 aromatic rings. The second-order valence-corrected chi connectivity index (χ2v) is 5.64. The van der Waals surface area contributed by atoms with Gasteiger partial charge in [-0.3, -0.25) is 4.79 Å². The Balaban J connectivity index is 2.02. The molecule has 3 rings (SSSR count). The molecule has 124 valence electrons. The van der Waals surface area contributed by atoms with Crippen molar-refractivity contribution in [3.05, 3.63) is 59.8 Å². The van der Waals surface area contributed by atoms with Crippen molar-refractivity contribution in [3.63, 3.8) is 0 Å². The molecule has 0 unspecified atom stereocenters. The second-order valence-electron chi connectivity index (χ2n) is 5.64. The van der Waals surface area contributed by atoms with Crippen molar-refractivity contribution >= 4 is 16.9 Å². The smallest absolute Gasteiger partial charge is 0.416 e. The van der Waals surface area contributed by atoms with Crippen LogP contribution >= 0.6 is 0 Å². The van der Waals surface area contributed by atoms with E-state index in [4.69, 9.17) is 5.11 Å². The molecular formula is C18H14F3NO2. The molecule has 2 aromatic carbocycles. The van der Waals surface area contributed by atoms with Crippen LogP contribution in [-0.2, 0) is 24.4 Å². The number of aliphatic carboxylic acids is 1. The van der Waals surface area contributed by atoms with Crippen molar-refractivity contribution in [2.75, 3.05) is 0 Å². The largest absolute Gasteiger partial charge is 0.481 e. The highest BCUT2D eigenvalue weighted by atomic mass is 19.4.